The second kappa shape index (κ2) is 7.02. The first-order valence-corrected chi connectivity index (χ1v) is 7.94. The molecule has 0 aliphatic heterocycles. The zero-order valence-electron chi connectivity index (χ0n) is 12.1. The van der Waals surface area contributed by atoms with Gasteiger partial charge < -0.3 is 0 Å². The van der Waals surface area contributed by atoms with E-state index in [0.717, 1.165) is 27.6 Å². The highest BCUT2D eigenvalue weighted by molar-refractivity contribution is 7.98. The fraction of sp³-hybridized carbons (Fsp3) is 0.0588. The van der Waals surface area contributed by atoms with Crippen LogP contribution < -0.4 is 0 Å². The topological polar surface area (TPSA) is 68.9 Å². The van der Waals surface area contributed by atoms with E-state index in [1.54, 1.807) is 42.4 Å². The van der Waals surface area contributed by atoms with Gasteiger partial charge in [0, 0.05) is 30.3 Å². The van der Waals surface area contributed by atoms with Crippen LogP contribution in [0, 0.1) is 10.1 Å². The Bertz CT molecular complexity index is 808. The molecule has 0 amide bonds. The first-order valence-electron chi connectivity index (χ1n) is 6.96. The molecule has 114 valence electrons. The lowest BCUT2D eigenvalue weighted by molar-refractivity contribution is -0.384. The number of benzene rings is 2. The number of nitro groups is 1. The third-order valence-electron chi connectivity index (χ3n) is 3.25. The minimum atomic E-state index is -0.381. The van der Waals surface area contributed by atoms with Gasteiger partial charge in [0.25, 0.3) is 5.69 Å². The molecule has 1 aromatic heterocycles. The maximum absolute atomic E-state index is 10.8. The summed E-state index contributed by atoms with van der Waals surface area (Å²) in [5, 5.41) is 11.6. The lowest BCUT2D eigenvalue weighted by atomic mass is 10.0. The van der Waals surface area contributed by atoms with Gasteiger partial charge >= 0.3 is 0 Å². The van der Waals surface area contributed by atoms with Gasteiger partial charge in [-0.05, 0) is 22.8 Å². The van der Waals surface area contributed by atoms with Crippen molar-refractivity contribution in [3.8, 4) is 11.1 Å². The molecule has 23 heavy (non-hydrogen) atoms. The Balaban J connectivity index is 1.72. The van der Waals surface area contributed by atoms with Crippen LogP contribution in [0.3, 0.4) is 0 Å². The summed E-state index contributed by atoms with van der Waals surface area (Å²) in [6.45, 7) is 0. The van der Waals surface area contributed by atoms with Crippen LogP contribution in [0.15, 0.2) is 72.1 Å². The van der Waals surface area contributed by atoms with Crippen molar-refractivity contribution in [1.82, 2.24) is 9.97 Å². The number of rotatable bonds is 5. The molecule has 0 atom stereocenters. The van der Waals surface area contributed by atoms with Crippen molar-refractivity contribution in [1.29, 1.82) is 0 Å². The van der Waals surface area contributed by atoms with Gasteiger partial charge in [-0.25, -0.2) is 9.97 Å². The summed E-state index contributed by atoms with van der Waals surface area (Å²) in [5.74, 6) is 0.777. The van der Waals surface area contributed by atoms with Crippen molar-refractivity contribution in [3.05, 3.63) is 82.7 Å². The molecule has 0 aliphatic rings. The molecule has 0 aliphatic carbocycles. The minimum absolute atomic E-state index is 0.100. The Morgan fingerprint density at radius 3 is 2.39 bits per heavy atom. The molecular weight excluding hydrogens is 310 g/mol. The zero-order valence-corrected chi connectivity index (χ0v) is 12.9. The van der Waals surface area contributed by atoms with Gasteiger partial charge in [-0.3, -0.25) is 10.1 Å². The standard InChI is InChI=1S/C17H13N3O2S/c21-20(22)16-4-1-3-15(11-16)14-7-5-13(6-8-14)12-23-17-18-9-2-10-19-17/h1-11H,12H2. The van der Waals surface area contributed by atoms with E-state index in [1.807, 2.05) is 30.3 Å². The zero-order chi connectivity index (χ0) is 16.1. The highest BCUT2D eigenvalue weighted by atomic mass is 32.2. The van der Waals surface area contributed by atoms with E-state index in [9.17, 15) is 10.1 Å². The minimum Gasteiger partial charge on any atom is -0.258 e. The molecule has 1 heterocycles. The van der Waals surface area contributed by atoms with Crippen LogP contribution in [0.5, 0.6) is 0 Å². The van der Waals surface area contributed by atoms with Crippen molar-refractivity contribution in [2.24, 2.45) is 0 Å². The van der Waals surface area contributed by atoms with Crippen LogP contribution in [0.1, 0.15) is 5.56 Å². The largest absolute Gasteiger partial charge is 0.270 e. The van der Waals surface area contributed by atoms with Crippen molar-refractivity contribution < 1.29 is 4.92 Å². The van der Waals surface area contributed by atoms with E-state index in [2.05, 4.69) is 9.97 Å². The van der Waals surface area contributed by atoms with E-state index in [1.165, 1.54) is 6.07 Å². The van der Waals surface area contributed by atoms with E-state index in [0.29, 0.717) is 0 Å². The van der Waals surface area contributed by atoms with Gasteiger partial charge in [0.2, 0.25) is 0 Å². The fourth-order valence-corrected chi connectivity index (χ4v) is 2.86. The molecule has 0 bridgehead atoms. The van der Waals surface area contributed by atoms with Crippen molar-refractivity contribution >= 4 is 17.4 Å². The van der Waals surface area contributed by atoms with Gasteiger partial charge in [-0.15, -0.1) is 0 Å². The Morgan fingerprint density at radius 1 is 0.957 bits per heavy atom. The Hall–Kier alpha value is -2.73. The molecule has 0 spiro atoms. The molecule has 0 fully saturated rings. The summed E-state index contributed by atoms with van der Waals surface area (Å²) in [6, 6.07) is 16.4. The Labute approximate surface area is 137 Å². The molecule has 0 N–H and O–H groups in total. The van der Waals surface area contributed by atoms with Crippen molar-refractivity contribution in [2.75, 3.05) is 0 Å². The van der Waals surface area contributed by atoms with Gasteiger partial charge in [0.05, 0.1) is 4.92 Å². The molecule has 0 unspecified atom stereocenters. The highest BCUT2D eigenvalue weighted by Gasteiger charge is 2.07. The average Bonchev–Trinajstić information content (AvgIpc) is 2.61. The normalized spacial score (nSPS) is 10.4. The number of hydrogen-bond donors (Lipinski definition) is 0. The Kier molecular flexibility index (Phi) is 4.63. The third-order valence-corrected chi connectivity index (χ3v) is 4.20. The number of nitro benzene ring substituents is 1. The van der Waals surface area contributed by atoms with E-state index in [4.69, 9.17) is 0 Å². The molecule has 3 rings (SSSR count). The summed E-state index contributed by atoms with van der Waals surface area (Å²) in [4.78, 5) is 18.8. The van der Waals surface area contributed by atoms with E-state index in [-0.39, 0.29) is 10.6 Å². The van der Waals surface area contributed by atoms with Gasteiger partial charge in [0.1, 0.15) is 0 Å². The third kappa shape index (κ3) is 3.92. The van der Waals surface area contributed by atoms with Crippen LogP contribution in [0.25, 0.3) is 11.1 Å². The average molecular weight is 323 g/mol. The maximum Gasteiger partial charge on any atom is 0.270 e. The number of non-ortho nitro benzene ring substituents is 1. The summed E-state index contributed by atoms with van der Waals surface area (Å²) in [5.41, 5.74) is 3.04. The van der Waals surface area contributed by atoms with E-state index >= 15 is 0 Å². The molecule has 2 aromatic carbocycles. The molecule has 0 saturated heterocycles. The van der Waals surface area contributed by atoms with Gasteiger partial charge in [-0.1, -0.05) is 48.2 Å². The number of nitrogens with zero attached hydrogens (tertiary/aromatic N) is 3. The second-order valence-electron chi connectivity index (χ2n) is 4.82. The molecule has 5 nitrogen and oxygen atoms in total. The number of thioether (sulfide) groups is 1. The second-order valence-corrected chi connectivity index (χ2v) is 5.77. The van der Waals surface area contributed by atoms with Crippen LogP contribution in [0.4, 0.5) is 5.69 Å². The van der Waals surface area contributed by atoms with Crippen molar-refractivity contribution in [2.45, 2.75) is 10.9 Å². The number of hydrogen-bond acceptors (Lipinski definition) is 5. The predicted octanol–water partition coefficient (Wildman–Crippen LogP) is 4.34. The lowest BCUT2D eigenvalue weighted by Gasteiger charge is -2.04. The summed E-state index contributed by atoms with van der Waals surface area (Å²) in [6.07, 6.45) is 3.45. The van der Waals surface area contributed by atoms with Crippen LogP contribution in [0.2, 0.25) is 0 Å². The summed E-state index contributed by atoms with van der Waals surface area (Å²) in [7, 11) is 0. The molecule has 6 heteroatoms. The number of aromatic nitrogens is 2. The van der Waals surface area contributed by atoms with Crippen LogP contribution >= 0.6 is 11.8 Å². The van der Waals surface area contributed by atoms with Gasteiger partial charge in [-0.2, -0.15) is 0 Å². The van der Waals surface area contributed by atoms with Crippen LogP contribution in [-0.2, 0) is 5.75 Å². The summed E-state index contributed by atoms with van der Waals surface area (Å²) < 4.78 is 0. The quantitative estimate of drug-likeness (QED) is 0.302. The SMILES string of the molecule is O=[N+]([O-])c1cccc(-c2ccc(CSc3ncccn3)cc2)c1. The summed E-state index contributed by atoms with van der Waals surface area (Å²) >= 11 is 1.57. The monoisotopic (exact) mass is 323 g/mol. The highest BCUT2D eigenvalue weighted by Crippen LogP contribution is 2.25. The first kappa shape index (κ1) is 15.2. The van der Waals surface area contributed by atoms with E-state index < -0.39 is 0 Å². The lowest BCUT2D eigenvalue weighted by Crippen LogP contribution is -1.89. The van der Waals surface area contributed by atoms with Gasteiger partial charge in [0.15, 0.2) is 5.16 Å². The van der Waals surface area contributed by atoms with Crippen LogP contribution in [-0.4, -0.2) is 14.9 Å². The fourth-order valence-electron chi connectivity index (χ4n) is 2.10. The molecule has 0 radical (unpaired) electrons. The smallest absolute Gasteiger partial charge is 0.258 e. The Morgan fingerprint density at radius 2 is 1.70 bits per heavy atom. The molecule has 3 aromatic rings. The molecule has 0 saturated carbocycles. The first-order chi connectivity index (χ1) is 11.2. The predicted molar refractivity (Wildman–Crippen MR) is 90.1 cm³/mol. The molecular formula is C17H13N3O2S. The van der Waals surface area contributed by atoms with Crippen molar-refractivity contribution in [3.63, 3.8) is 0 Å². The maximum atomic E-state index is 10.8.